The van der Waals surface area contributed by atoms with E-state index in [9.17, 15) is 9.18 Å². The van der Waals surface area contributed by atoms with Crippen LogP contribution in [0.25, 0.3) is 10.2 Å². The monoisotopic (exact) mass is 603 g/mol. The summed E-state index contributed by atoms with van der Waals surface area (Å²) >= 11 is 8.11. The van der Waals surface area contributed by atoms with Gasteiger partial charge in [0.2, 0.25) is 0 Å². The third kappa shape index (κ3) is 6.67. The van der Waals surface area contributed by atoms with Crippen molar-refractivity contribution in [2.45, 2.75) is 45.3 Å². The smallest absolute Gasteiger partial charge is 0.298 e. The zero-order valence-electron chi connectivity index (χ0n) is 23.2. The molecular weight excluding hydrogens is 573 g/mol. The SMILES string of the molecule is O=C(C#CCCN1CCCCC1)N1CCc2c(sc3ncnc(Nc4ccc(OCc5cccc(F)c5)c(Cl)c4)c23)C1. The van der Waals surface area contributed by atoms with Crippen molar-refractivity contribution in [1.29, 1.82) is 0 Å². The number of carbonyl (C=O) groups is 1. The van der Waals surface area contributed by atoms with Crippen LogP contribution in [0.5, 0.6) is 5.75 Å². The van der Waals surface area contributed by atoms with Gasteiger partial charge in [0.25, 0.3) is 5.91 Å². The summed E-state index contributed by atoms with van der Waals surface area (Å²) in [4.78, 5) is 28.1. The van der Waals surface area contributed by atoms with E-state index < -0.39 is 0 Å². The molecule has 10 heteroatoms. The number of aromatic nitrogens is 2. The lowest BCUT2D eigenvalue weighted by Gasteiger charge is -2.25. The van der Waals surface area contributed by atoms with E-state index in [0.717, 1.165) is 52.4 Å². The maximum Gasteiger partial charge on any atom is 0.298 e. The third-order valence-electron chi connectivity index (χ3n) is 7.60. The molecule has 2 aromatic heterocycles. The van der Waals surface area contributed by atoms with Gasteiger partial charge in [-0.05, 0) is 79.7 Å². The Kier molecular flexibility index (Phi) is 8.84. The third-order valence-corrected chi connectivity index (χ3v) is 9.02. The fourth-order valence-corrected chi connectivity index (χ4v) is 6.87. The first kappa shape index (κ1) is 28.4. The van der Waals surface area contributed by atoms with Gasteiger partial charge in [0.05, 0.1) is 17.0 Å². The Hall–Kier alpha value is -3.71. The zero-order chi connectivity index (χ0) is 28.9. The van der Waals surface area contributed by atoms with Crippen molar-refractivity contribution in [1.82, 2.24) is 19.8 Å². The van der Waals surface area contributed by atoms with Crippen molar-refractivity contribution in [3.05, 3.63) is 75.6 Å². The Bertz CT molecular complexity index is 1660. The second-order valence-electron chi connectivity index (χ2n) is 10.5. The Morgan fingerprint density at radius 2 is 2.00 bits per heavy atom. The van der Waals surface area contributed by atoms with Gasteiger partial charge in [0, 0.05) is 30.1 Å². The molecule has 1 fully saturated rings. The number of hydrogen-bond donors (Lipinski definition) is 1. The fourth-order valence-electron chi connectivity index (χ4n) is 5.43. The van der Waals surface area contributed by atoms with Crippen molar-refractivity contribution in [2.24, 2.45) is 0 Å². The standard InChI is InChI=1S/C32H31ClFN5O2S/c33-26-18-24(10-11-27(26)41-20-22-7-6-8-23(34)17-22)37-31-30-25-12-16-39(19-28(25)42-32(30)36-21-35-31)29(40)9-2-5-15-38-13-3-1-4-14-38/h6-8,10-11,17-18,21H,1,3-5,12-16,19-20H2,(H,35,36,37). The molecule has 42 heavy (non-hydrogen) atoms. The molecule has 6 rings (SSSR count). The van der Waals surface area contributed by atoms with Crippen molar-refractivity contribution in [3.63, 3.8) is 0 Å². The molecule has 0 atom stereocenters. The number of amides is 1. The number of fused-ring (bicyclic) bond motifs is 3. The van der Waals surface area contributed by atoms with Crippen LogP contribution in [0.4, 0.5) is 15.9 Å². The molecule has 0 saturated carbocycles. The number of thiophene rings is 1. The van der Waals surface area contributed by atoms with Crippen molar-refractivity contribution in [3.8, 4) is 17.6 Å². The first-order chi connectivity index (χ1) is 20.5. The van der Waals surface area contributed by atoms with E-state index in [2.05, 4.69) is 32.0 Å². The highest BCUT2D eigenvalue weighted by atomic mass is 35.5. The minimum atomic E-state index is -0.305. The van der Waals surface area contributed by atoms with Gasteiger partial charge in [0.1, 0.15) is 35.1 Å². The van der Waals surface area contributed by atoms with Crippen LogP contribution in [0.2, 0.25) is 5.02 Å². The molecule has 0 radical (unpaired) electrons. The lowest BCUT2D eigenvalue weighted by Crippen LogP contribution is -2.34. The number of piperidine rings is 1. The Labute approximate surface area is 253 Å². The maximum atomic E-state index is 13.5. The molecule has 1 saturated heterocycles. The number of nitrogens with zero attached hydrogens (tertiary/aromatic N) is 4. The maximum absolute atomic E-state index is 13.5. The number of ether oxygens (including phenoxy) is 1. The van der Waals surface area contributed by atoms with Gasteiger partial charge >= 0.3 is 0 Å². The molecular formula is C32H31ClFN5O2S. The fraction of sp³-hybridized carbons (Fsp3) is 0.344. The Morgan fingerprint density at radius 1 is 1.12 bits per heavy atom. The topological polar surface area (TPSA) is 70.6 Å². The van der Waals surface area contributed by atoms with Gasteiger partial charge < -0.3 is 19.9 Å². The predicted molar refractivity (Wildman–Crippen MR) is 165 cm³/mol. The lowest BCUT2D eigenvalue weighted by atomic mass is 10.0. The van der Waals surface area contributed by atoms with Gasteiger partial charge in [-0.3, -0.25) is 4.79 Å². The average molecular weight is 604 g/mol. The zero-order valence-corrected chi connectivity index (χ0v) is 24.7. The van der Waals surface area contributed by atoms with E-state index in [0.29, 0.717) is 36.1 Å². The lowest BCUT2D eigenvalue weighted by molar-refractivity contribution is -0.125. The van der Waals surface area contributed by atoms with Crippen LogP contribution in [-0.2, 0) is 24.4 Å². The van der Waals surface area contributed by atoms with Crippen LogP contribution in [0.1, 0.15) is 41.7 Å². The largest absolute Gasteiger partial charge is 0.487 e. The van der Waals surface area contributed by atoms with E-state index in [4.69, 9.17) is 16.3 Å². The molecule has 0 unspecified atom stereocenters. The number of hydrogen-bond acceptors (Lipinski definition) is 7. The molecule has 216 valence electrons. The highest BCUT2D eigenvalue weighted by Gasteiger charge is 2.26. The minimum absolute atomic E-state index is 0.115. The molecule has 4 aromatic rings. The quantitative estimate of drug-likeness (QED) is 0.241. The van der Waals surface area contributed by atoms with E-state index in [-0.39, 0.29) is 18.3 Å². The molecule has 2 aliphatic rings. The summed E-state index contributed by atoms with van der Waals surface area (Å²) < 4.78 is 19.3. The first-order valence-electron chi connectivity index (χ1n) is 14.2. The molecule has 1 N–H and O–H groups in total. The first-order valence-corrected chi connectivity index (χ1v) is 15.4. The number of halogens is 2. The van der Waals surface area contributed by atoms with Crippen LogP contribution >= 0.6 is 22.9 Å². The van der Waals surface area contributed by atoms with Crippen LogP contribution in [-0.4, -0.2) is 51.9 Å². The second-order valence-corrected chi connectivity index (χ2v) is 12.0. The molecule has 4 heterocycles. The Balaban J connectivity index is 1.11. The summed E-state index contributed by atoms with van der Waals surface area (Å²) in [6, 6.07) is 11.7. The van der Waals surface area contributed by atoms with Gasteiger partial charge in [-0.15, -0.1) is 11.3 Å². The summed E-state index contributed by atoms with van der Waals surface area (Å²) in [6.07, 6.45) is 6.81. The highest BCUT2D eigenvalue weighted by molar-refractivity contribution is 7.19. The van der Waals surface area contributed by atoms with Crippen LogP contribution in [0, 0.1) is 17.7 Å². The summed E-state index contributed by atoms with van der Waals surface area (Å²) in [5.74, 6) is 6.74. The second kappa shape index (κ2) is 13.1. The van der Waals surface area contributed by atoms with E-state index in [1.165, 1.54) is 37.0 Å². The molecule has 0 bridgehead atoms. The molecule has 2 aliphatic heterocycles. The average Bonchev–Trinajstić information content (AvgIpc) is 3.38. The van der Waals surface area contributed by atoms with E-state index in [1.807, 2.05) is 11.0 Å². The molecule has 0 aliphatic carbocycles. The molecule has 1 amide bonds. The van der Waals surface area contributed by atoms with E-state index in [1.54, 1.807) is 41.9 Å². The summed E-state index contributed by atoms with van der Waals surface area (Å²) in [6.45, 7) is 4.56. The van der Waals surface area contributed by atoms with Crippen molar-refractivity contribution >= 4 is 50.6 Å². The highest BCUT2D eigenvalue weighted by Crippen LogP contribution is 2.38. The normalized spacial score (nSPS) is 15.1. The van der Waals surface area contributed by atoms with Gasteiger partial charge in [-0.1, -0.05) is 36.1 Å². The van der Waals surface area contributed by atoms with Gasteiger partial charge in [0.15, 0.2) is 0 Å². The number of rotatable bonds is 7. The predicted octanol–water partition coefficient (Wildman–Crippen LogP) is 6.57. The van der Waals surface area contributed by atoms with Crippen LogP contribution < -0.4 is 10.1 Å². The van der Waals surface area contributed by atoms with Gasteiger partial charge in [-0.2, -0.15) is 0 Å². The summed E-state index contributed by atoms with van der Waals surface area (Å²) in [5, 5.41) is 4.79. The van der Waals surface area contributed by atoms with Gasteiger partial charge in [-0.25, -0.2) is 14.4 Å². The summed E-state index contributed by atoms with van der Waals surface area (Å²) in [7, 11) is 0. The minimum Gasteiger partial charge on any atom is -0.487 e. The number of nitrogens with one attached hydrogen (secondary N) is 1. The number of carbonyl (C=O) groups excluding carboxylic acids is 1. The van der Waals surface area contributed by atoms with E-state index >= 15 is 0 Å². The van der Waals surface area contributed by atoms with Crippen molar-refractivity contribution in [2.75, 3.05) is 31.5 Å². The summed E-state index contributed by atoms with van der Waals surface area (Å²) in [5.41, 5.74) is 2.64. The van der Waals surface area contributed by atoms with Crippen LogP contribution in [0.3, 0.4) is 0 Å². The van der Waals surface area contributed by atoms with Crippen molar-refractivity contribution < 1.29 is 13.9 Å². The number of likely N-dealkylation sites (tertiary alicyclic amines) is 1. The molecule has 7 nitrogen and oxygen atoms in total. The number of anilines is 2. The molecule has 0 spiro atoms. The number of benzene rings is 2. The Morgan fingerprint density at radius 3 is 2.83 bits per heavy atom. The van der Waals surface area contributed by atoms with Crippen LogP contribution in [0.15, 0.2) is 48.8 Å². The molecule has 2 aromatic carbocycles.